The Morgan fingerprint density at radius 3 is 2.45 bits per heavy atom. The van der Waals surface area contributed by atoms with Crippen molar-refractivity contribution in [3.05, 3.63) is 62.9 Å². The molecular formula is C19H17N3O7S2. The van der Waals surface area contributed by atoms with Crippen molar-refractivity contribution in [2.24, 2.45) is 4.99 Å². The Balaban J connectivity index is 2.12. The van der Waals surface area contributed by atoms with Gasteiger partial charge in [-0.3, -0.25) is 19.7 Å². The topological polar surface area (TPSA) is 138 Å². The molecule has 0 fully saturated rings. The average molecular weight is 463 g/mol. The minimum Gasteiger partial charge on any atom is -0.465 e. The molecule has 3 aromatic rings. The molecule has 0 atom stereocenters. The second-order valence-corrected chi connectivity index (χ2v) is 9.42. The van der Waals surface area contributed by atoms with Gasteiger partial charge in [0, 0.05) is 24.0 Å². The maximum Gasteiger partial charge on any atom is 0.326 e. The van der Waals surface area contributed by atoms with Gasteiger partial charge in [0.2, 0.25) is 0 Å². The van der Waals surface area contributed by atoms with Crippen molar-refractivity contribution in [2.75, 3.05) is 12.9 Å². The molecule has 0 radical (unpaired) electrons. The molecule has 1 aromatic heterocycles. The van der Waals surface area contributed by atoms with Gasteiger partial charge < -0.3 is 9.30 Å². The molecule has 1 heterocycles. The highest BCUT2D eigenvalue weighted by atomic mass is 32.2. The van der Waals surface area contributed by atoms with Crippen LogP contribution >= 0.6 is 11.3 Å². The summed E-state index contributed by atoms with van der Waals surface area (Å²) in [5.74, 6) is -1.21. The number of hydrogen-bond donors (Lipinski definition) is 0. The van der Waals surface area contributed by atoms with Gasteiger partial charge in [0.15, 0.2) is 14.6 Å². The van der Waals surface area contributed by atoms with Crippen LogP contribution < -0.4 is 4.80 Å². The van der Waals surface area contributed by atoms with Crippen molar-refractivity contribution in [1.29, 1.82) is 0 Å². The molecule has 0 unspecified atom stereocenters. The van der Waals surface area contributed by atoms with E-state index in [2.05, 4.69) is 4.99 Å². The standard InChI is InChI=1S/C19H17N3O7S2/c1-3-29-17(23)11-21-15-9-8-14(31(2,27)28)10-16(15)30-19(21)20-18(24)12-4-6-13(7-5-12)22(25)26/h4-10H,3,11H2,1-2H3. The van der Waals surface area contributed by atoms with Crippen LogP contribution in [-0.4, -0.2) is 42.6 Å². The Morgan fingerprint density at radius 1 is 1.19 bits per heavy atom. The summed E-state index contributed by atoms with van der Waals surface area (Å²) in [4.78, 5) is 39.2. The normalized spacial score (nSPS) is 12.1. The monoisotopic (exact) mass is 463 g/mol. The van der Waals surface area contributed by atoms with Gasteiger partial charge in [-0.2, -0.15) is 4.99 Å². The minimum absolute atomic E-state index is 0.0952. The maximum atomic E-state index is 12.6. The fourth-order valence-corrected chi connectivity index (χ4v) is 4.52. The molecule has 0 aliphatic carbocycles. The smallest absolute Gasteiger partial charge is 0.326 e. The van der Waals surface area contributed by atoms with Crippen molar-refractivity contribution in [3.8, 4) is 0 Å². The van der Waals surface area contributed by atoms with Crippen LogP contribution in [-0.2, 0) is 25.9 Å². The van der Waals surface area contributed by atoms with Crippen molar-refractivity contribution < 1.29 is 27.7 Å². The van der Waals surface area contributed by atoms with E-state index < -0.39 is 26.6 Å². The Labute approximate surface area is 180 Å². The molecule has 12 heteroatoms. The molecule has 10 nitrogen and oxygen atoms in total. The van der Waals surface area contributed by atoms with Crippen LogP contribution in [0.4, 0.5) is 5.69 Å². The van der Waals surface area contributed by atoms with Gasteiger partial charge in [0.25, 0.3) is 11.6 Å². The zero-order valence-electron chi connectivity index (χ0n) is 16.5. The number of nitro benzene ring substituents is 1. The summed E-state index contributed by atoms with van der Waals surface area (Å²) >= 11 is 1.04. The molecule has 0 N–H and O–H groups in total. The number of nitrogens with zero attached hydrogens (tertiary/aromatic N) is 3. The van der Waals surface area contributed by atoms with E-state index in [1.165, 1.54) is 47.0 Å². The lowest BCUT2D eigenvalue weighted by Gasteiger charge is -2.05. The van der Waals surface area contributed by atoms with Crippen molar-refractivity contribution in [1.82, 2.24) is 4.57 Å². The van der Waals surface area contributed by atoms with E-state index in [-0.39, 0.29) is 34.1 Å². The summed E-state index contributed by atoms with van der Waals surface area (Å²) in [6, 6.07) is 9.36. The summed E-state index contributed by atoms with van der Waals surface area (Å²) in [5.41, 5.74) is 0.479. The number of thiazole rings is 1. The lowest BCUT2D eigenvalue weighted by atomic mass is 10.2. The number of carbonyl (C=O) groups excluding carboxylic acids is 2. The van der Waals surface area contributed by atoms with Gasteiger partial charge >= 0.3 is 5.97 Å². The van der Waals surface area contributed by atoms with Crippen molar-refractivity contribution >= 4 is 49.0 Å². The predicted molar refractivity (Wildman–Crippen MR) is 113 cm³/mol. The second kappa shape index (κ2) is 8.78. The largest absolute Gasteiger partial charge is 0.465 e. The number of non-ortho nitro benzene ring substituents is 1. The number of esters is 1. The number of hydrogen-bond acceptors (Lipinski definition) is 8. The second-order valence-electron chi connectivity index (χ2n) is 6.40. The Morgan fingerprint density at radius 2 is 1.87 bits per heavy atom. The SMILES string of the molecule is CCOC(=O)Cn1c(=NC(=O)c2ccc([N+](=O)[O-])cc2)sc2cc(S(C)(=O)=O)ccc21. The van der Waals surface area contributed by atoms with Gasteiger partial charge in [-0.15, -0.1) is 0 Å². The van der Waals surface area contributed by atoms with Crippen molar-refractivity contribution in [2.45, 2.75) is 18.4 Å². The third kappa shape index (κ3) is 5.03. The Bertz CT molecular complexity index is 1350. The zero-order chi connectivity index (χ0) is 22.8. The number of fused-ring (bicyclic) bond motifs is 1. The number of carbonyl (C=O) groups is 2. The molecule has 0 saturated carbocycles. The number of rotatable bonds is 6. The Hall–Kier alpha value is -3.38. The van der Waals surface area contributed by atoms with Crippen LogP contribution in [0.1, 0.15) is 17.3 Å². The zero-order valence-corrected chi connectivity index (χ0v) is 18.1. The van der Waals surface area contributed by atoms with Gasteiger partial charge in [-0.1, -0.05) is 11.3 Å². The first-order valence-electron chi connectivity index (χ1n) is 8.92. The third-order valence-corrected chi connectivity index (χ3v) is 6.35. The van der Waals surface area contributed by atoms with Gasteiger partial charge in [0.1, 0.15) is 6.54 Å². The van der Waals surface area contributed by atoms with E-state index in [0.717, 1.165) is 17.6 Å². The average Bonchev–Trinajstić information content (AvgIpc) is 3.03. The first-order chi connectivity index (χ1) is 14.6. The highest BCUT2D eigenvalue weighted by Crippen LogP contribution is 2.22. The van der Waals surface area contributed by atoms with Crippen LogP contribution in [0.25, 0.3) is 10.2 Å². The molecule has 0 spiro atoms. The number of sulfone groups is 1. The first-order valence-corrected chi connectivity index (χ1v) is 11.6. The van der Waals surface area contributed by atoms with E-state index >= 15 is 0 Å². The number of ether oxygens (including phenoxy) is 1. The maximum absolute atomic E-state index is 12.6. The van der Waals surface area contributed by atoms with Crippen LogP contribution in [0.15, 0.2) is 52.4 Å². The summed E-state index contributed by atoms with van der Waals surface area (Å²) in [6.07, 6.45) is 1.08. The summed E-state index contributed by atoms with van der Waals surface area (Å²) < 4.78 is 30.7. The van der Waals surface area contributed by atoms with Gasteiger partial charge in [0.05, 0.1) is 26.6 Å². The van der Waals surface area contributed by atoms with Crippen LogP contribution in [0.5, 0.6) is 0 Å². The van der Waals surface area contributed by atoms with E-state index in [1.54, 1.807) is 6.92 Å². The molecule has 1 amide bonds. The predicted octanol–water partition coefficient (Wildman–Crippen LogP) is 2.32. The summed E-state index contributed by atoms with van der Waals surface area (Å²) in [7, 11) is -3.45. The molecule has 31 heavy (non-hydrogen) atoms. The van der Waals surface area contributed by atoms with Crippen LogP contribution in [0.3, 0.4) is 0 Å². The van der Waals surface area contributed by atoms with E-state index in [0.29, 0.717) is 10.2 Å². The van der Waals surface area contributed by atoms with Crippen LogP contribution in [0.2, 0.25) is 0 Å². The molecule has 0 bridgehead atoms. The molecular weight excluding hydrogens is 446 g/mol. The van der Waals surface area contributed by atoms with E-state index in [9.17, 15) is 28.1 Å². The molecule has 0 aliphatic heterocycles. The molecule has 0 aliphatic rings. The van der Waals surface area contributed by atoms with Gasteiger partial charge in [-0.05, 0) is 37.3 Å². The number of aromatic nitrogens is 1. The molecule has 2 aromatic carbocycles. The number of benzene rings is 2. The first kappa shape index (κ1) is 22.3. The number of nitro groups is 1. The fraction of sp³-hybridized carbons (Fsp3) is 0.211. The minimum atomic E-state index is -3.45. The summed E-state index contributed by atoms with van der Waals surface area (Å²) in [6.45, 7) is 1.61. The Kier molecular flexibility index (Phi) is 6.32. The quantitative estimate of drug-likeness (QED) is 0.311. The lowest BCUT2D eigenvalue weighted by molar-refractivity contribution is -0.384. The van der Waals surface area contributed by atoms with Crippen molar-refractivity contribution in [3.63, 3.8) is 0 Å². The van der Waals surface area contributed by atoms with Crippen LogP contribution in [0, 0.1) is 10.1 Å². The summed E-state index contributed by atoms with van der Waals surface area (Å²) in [5, 5.41) is 10.8. The highest BCUT2D eigenvalue weighted by molar-refractivity contribution is 7.90. The van der Waals surface area contributed by atoms with E-state index in [4.69, 9.17) is 4.74 Å². The van der Waals surface area contributed by atoms with Gasteiger partial charge in [-0.25, -0.2) is 8.42 Å². The number of amides is 1. The highest BCUT2D eigenvalue weighted by Gasteiger charge is 2.16. The molecule has 162 valence electrons. The van der Waals surface area contributed by atoms with E-state index in [1.807, 2.05) is 0 Å². The molecule has 0 saturated heterocycles. The molecule has 3 rings (SSSR count). The third-order valence-electron chi connectivity index (χ3n) is 4.20. The lowest BCUT2D eigenvalue weighted by Crippen LogP contribution is -2.23. The fourth-order valence-electron chi connectivity index (χ4n) is 2.74.